The summed E-state index contributed by atoms with van der Waals surface area (Å²) in [4.78, 5) is 25.6. The van der Waals surface area contributed by atoms with E-state index in [9.17, 15) is 9.59 Å². The zero-order valence-electron chi connectivity index (χ0n) is 19.9. The number of para-hydroxylation sites is 1. The molecule has 0 fully saturated rings. The van der Waals surface area contributed by atoms with Gasteiger partial charge in [0.2, 0.25) is 0 Å². The molecule has 0 radical (unpaired) electrons. The maximum atomic E-state index is 12.9. The molecule has 1 heterocycles. The number of nitrogens with one attached hydrogen (secondary N) is 2. The molecule has 3 aromatic carbocycles. The van der Waals surface area contributed by atoms with Crippen LogP contribution in [0.2, 0.25) is 10.0 Å². The Hall–Kier alpha value is -3.61. The number of halogens is 2. The van der Waals surface area contributed by atoms with Crippen molar-refractivity contribution in [2.75, 3.05) is 0 Å². The molecular weight excluding hydrogens is 495 g/mol. The Morgan fingerprint density at radius 3 is 2.33 bits per heavy atom. The average molecular weight is 521 g/mol. The van der Waals surface area contributed by atoms with Gasteiger partial charge in [-0.25, -0.2) is 5.43 Å². The second kappa shape index (κ2) is 11.4. The monoisotopic (exact) mass is 520 g/mol. The van der Waals surface area contributed by atoms with Crippen LogP contribution in [0.25, 0.3) is 10.9 Å². The maximum absolute atomic E-state index is 12.9. The fourth-order valence-electron chi connectivity index (χ4n) is 3.95. The molecular formula is C28H26Cl2N4O2. The Morgan fingerprint density at radius 1 is 0.944 bits per heavy atom. The van der Waals surface area contributed by atoms with Crippen molar-refractivity contribution in [1.29, 1.82) is 0 Å². The van der Waals surface area contributed by atoms with Crippen molar-refractivity contribution in [1.82, 2.24) is 15.3 Å². The van der Waals surface area contributed by atoms with E-state index in [1.807, 2.05) is 68.6 Å². The number of carbonyl (C=O) groups excluding carboxylic acids is 2. The van der Waals surface area contributed by atoms with Crippen LogP contribution in [0.15, 0.2) is 84.1 Å². The SMILES string of the molecule is CC(C)C(NC(=O)c1ccccc1Cl)C(=O)NN=Cc1cn(Cc2ccccc2Cl)c2ccccc12. The standard InChI is InChI=1S/C28H26Cl2N4O2/c1-18(2)26(32-27(35)22-11-4-7-13-24(22)30)28(36)33-31-15-20-17-34(25-14-8-5-10-21(20)25)16-19-9-3-6-12-23(19)29/h3-15,17-18,26H,16H2,1-2H3,(H,32,35)(H,33,36). The van der Waals surface area contributed by atoms with E-state index in [2.05, 4.69) is 20.4 Å². The Labute approximate surface area is 219 Å². The summed E-state index contributed by atoms with van der Waals surface area (Å²) in [5, 5.41) is 8.98. The maximum Gasteiger partial charge on any atom is 0.262 e. The molecule has 2 amide bonds. The summed E-state index contributed by atoms with van der Waals surface area (Å²) in [6.45, 7) is 4.30. The van der Waals surface area contributed by atoms with Gasteiger partial charge in [0.15, 0.2) is 0 Å². The van der Waals surface area contributed by atoms with Gasteiger partial charge in [0.05, 0.1) is 16.8 Å². The smallest absolute Gasteiger partial charge is 0.262 e. The first-order valence-electron chi connectivity index (χ1n) is 11.5. The minimum absolute atomic E-state index is 0.163. The van der Waals surface area contributed by atoms with Gasteiger partial charge in [0, 0.05) is 34.2 Å². The number of hydrazone groups is 1. The number of fused-ring (bicyclic) bond motifs is 1. The molecule has 1 unspecified atom stereocenters. The lowest BCUT2D eigenvalue weighted by molar-refractivity contribution is -0.123. The van der Waals surface area contributed by atoms with E-state index < -0.39 is 17.9 Å². The number of amides is 2. The molecule has 1 aromatic heterocycles. The number of aromatic nitrogens is 1. The van der Waals surface area contributed by atoms with Gasteiger partial charge in [-0.2, -0.15) is 5.10 Å². The van der Waals surface area contributed by atoms with Gasteiger partial charge < -0.3 is 9.88 Å². The molecule has 0 saturated carbocycles. The molecule has 0 aliphatic heterocycles. The Kier molecular flexibility index (Phi) is 8.08. The van der Waals surface area contributed by atoms with Crippen molar-refractivity contribution in [3.8, 4) is 0 Å². The molecule has 0 bridgehead atoms. The van der Waals surface area contributed by atoms with Gasteiger partial charge in [-0.05, 0) is 35.7 Å². The minimum Gasteiger partial charge on any atom is -0.342 e. The van der Waals surface area contributed by atoms with E-state index in [-0.39, 0.29) is 5.92 Å². The van der Waals surface area contributed by atoms with E-state index in [1.54, 1.807) is 30.5 Å². The second-order valence-corrected chi connectivity index (χ2v) is 9.54. The van der Waals surface area contributed by atoms with Crippen LogP contribution in [0.3, 0.4) is 0 Å². The van der Waals surface area contributed by atoms with Crippen molar-refractivity contribution in [2.24, 2.45) is 11.0 Å². The topological polar surface area (TPSA) is 75.5 Å². The molecule has 2 N–H and O–H groups in total. The highest BCUT2D eigenvalue weighted by Crippen LogP contribution is 2.23. The van der Waals surface area contributed by atoms with Crippen LogP contribution in [-0.4, -0.2) is 28.6 Å². The number of rotatable bonds is 8. The summed E-state index contributed by atoms with van der Waals surface area (Å²) in [6, 6.07) is 21.6. The number of carbonyl (C=O) groups is 2. The molecule has 184 valence electrons. The third-order valence-corrected chi connectivity index (χ3v) is 6.55. The van der Waals surface area contributed by atoms with Crippen LogP contribution in [-0.2, 0) is 11.3 Å². The van der Waals surface area contributed by atoms with E-state index in [0.717, 1.165) is 22.0 Å². The minimum atomic E-state index is -0.785. The largest absolute Gasteiger partial charge is 0.342 e. The van der Waals surface area contributed by atoms with Crippen molar-refractivity contribution in [3.63, 3.8) is 0 Å². The van der Waals surface area contributed by atoms with Crippen LogP contribution in [0, 0.1) is 5.92 Å². The average Bonchev–Trinajstić information content (AvgIpc) is 3.21. The van der Waals surface area contributed by atoms with Crippen molar-refractivity contribution >= 4 is 52.1 Å². The quantitative estimate of drug-likeness (QED) is 0.224. The summed E-state index contributed by atoms with van der Waals surface area (Å²) >= 11 is 12.5. The molecule has 36 heavy (non-hydrogen) atoms. The first kappa shape index (κ1) is 25.5. The zero-order chi connectivity index (χ0) is 25.7. The van der Waals surface area contributed by atoms with Crippen LogP contribution in [0.1, 0.15) is 35.3 Å². The highest BCUT2D eigenvalue weighted by atomic mass is 35.5. The second-order valence-electron chi connectivity index (χ2n) is 8.73. The Balaban J connectivity index is 1.50. The van der Waals surface area contributed by atoms with Gasteiger partial charge in [-0.1, -0.05) is 85.6 Å². The van der Waals surface area contributed by atoms with E-state index in [1.165, 1.54) is 0 Å². The van der Waals surface area contributed by atoms with Crippen LogP contribution >= 0.6 is 23.2 Å². The summed E-state index contributed by atoms with van der Waals surface area (Å²) < 4.78 is 2.10. The molecule has 0 saturated heterocycles. The normalized spacial score (nSPS) is 12.2. The molecule has 6 nitrogen and oxygen atoms in total. The fourth-order valence-corrected chi connectivity index (χ4v) is 4.37. The van der Waals surface area contributed by atoms with Gasteiger partial charge in [-0.15, -0.1) is 0 Å². The summed E-state index contributed by atoms with van der Waals surface area (Å²) in [5.41, 5.74) is 5.76. The van der Waals surface area contributed by atoms with Crippen molar-refractivity contribution in [3.05, 3.63) is 106 Å². The van der Waals surface area contributed by atoms with E-state index in [0.29, 0.717) is 22.2 Å². The van der Waals surface area contributed by atoms with Crippen LogP contribution in [0.5, 0.6) is 0 Å². The van der Waals surface area contributed by atoms with Crippen LogP contribution < -0.4 is 10.7 Å². The number of nitrogens with zero attached hydrogens (tertiary/aromatic N) is 2. The van der Waals surface area contributed by atoms with Gasteiger partial charge in [0.1, 0.15) is 6.04 Å². The predicted molar refractivity (Wildman–Crippen MR) is 146 cm³/mol. The molecule has 1 atom stereocenters. The first-order chi connectivity index (χ1) is 17.3. The van der Waals surface area contributed by atoms with Gasteiger partial charge >= 0.3 is 0 Å². The molecule has 0 aliphatic rings. The fraction of sp³-hybridized carbons (Fsp3) is 0.179. The zero-order valence-corrected chi connectivity index (χ0v) is 21.4. The number of benzene rings is 3. The van der Waals surface area contributed by atoms with Gasteiger partial charge in [-0.3, -0.25) is 9.59 Å². The third-order valence-electron chi connectivity index (χ3n) is 5.85. The Morgan fingerprint density at radius 2 is 1.61 bits per heavy atom. The first-order valence-corrected chi connectivity index (χ1v) is 12.3. The lowest BCUT2D eigenvalue weighted by Crippen LogP contribution is -2.48. The van der Waals surface area contributed by atoms with Gasteiger partial charge in [0.25, 0.3) is 11.8 Å². The predicted octanol–water partition coefficient (Wildman–Crippen LogP) is 5.90. The number of hydrogen-bond donors (Lipinski definition) is 2. The highest BCUT2D eigenvalue weighted by molar-refractivity contribution is 6.33. The molecule has 8 heteroatoms. The molecule has 0 aliphatic carbocycles. The molecule has 4 rings (SSSR count). The van der Waals surface area contributed by atoms with Crippen LogP contribution in [0.4, 0.5) is 0 Å². The lowest BCUT2D eigenvalue weighted by Gasteiger charge is -2.20. The lowest BCUT2D eigenvalue weighted by atomic mass is 10.0. The summed E-state index contributed by atoms with van der Waals surface area (Å²) in [5.74, 6) is -0.994. The van der Waals surface area contributed by atoms with E-state index in [4.69, 9.17) is 23.2 Å². The molecule has 4 aromatic rings. The van der Waals surface area contributed by atoms with E-state index >= 15 is 0 Å². The van der Waals surface area contributed by atoms with Crippen molar-refractivity contribution in [2.45, 2.75) is 26.4 Å². The highest BCUT2D eigenvalue weighted by Gasteiger charge is 2.25. The van der Waals surface area contributed by atoms with Crippen molar-refractivity contribution < 1.29 is 9.59 Å². The molecule has 0 spiro atoms. The number of hydrogen-bond acceptors (Lipinski definition) is 3. The third kappa shape index (κ3) is 5.78. The summed E-state index contributed by atoms with van der Waals surface area (Å²) in [7, 11) is 0. The Bertz CT molecular complexity index is 1430. The summed E-state index contributed by atoms with van der Waals surface area (Å²) in [6.07, 6.45) is 3.58.